The van der Waals surface area contributed by atoms with Crippen LogP contribution in [-0.4, -0.2) is 68.4 Å². The first-order valence-corrected chi connectivity index (χ1v) is 13.6. The number of likely N-dealkylation sites (tertiary alicyclic amines) is 1. The van der Waals surface area contributed by atoms with E-state index >= 15 is 0 Å². The summed E-state index contributed by atoms with van der Waals surface area (Å²) in [5.74, 6) is 1.09. The van der Waals surface area contributed by atoms with Crippen LogP contribution in [0.25, 0.3) is 0 Å². The van der Waals surface area contributed by atoms with Crippen molar-refractivity contribution in [3.63, 3.8) is 0 Å². The first kappa shape index (κ1) is 23.7. The number of ether oxygens (including phenoxy) is 1. The number of carbonyl (C=O) groups excluding carboxylic acids is 1. The molecule has 9 nitrogen and oxygen atoms in total. The van der Waals surface area contributed by atoms with Crippen LogP contribution in [0.4, 0.5) is 5.82 Å². The number of anilines is 1. The second kappa shape index (κ2) is 9.58. The molecule has 1 aromatic carbocycles. The van der Waals surface area contributed by atoms with Gasteiger partial charge in [-0.05, 0) is 50.5 Å². The van der Waals surface area contributed by atoms with Crippen molar-refractivity contribution in [2.24, 2.45) is 10.3 Å². The standard InChI is InChI=1S/C25H31N5O4S/c1-17-14-30(15-18(2)34-17)23-10-9-19(12-26-23)13-27-25(31)20-6-5-11-29(16-20)24-21-7-3-4-8-22(21)35(32,33)28-24/h3-4,7-10,12,17-18,20H,5-6,11,13-16H2,1-2H3,(H,27,31). The lowest BCUT2D eigenvalue weighted by atomic mass is 9.96. The van der Waals surface area contributed by atoms with E-state index in [9.17, 15) is 13.2 Å². The van der Waals surface area contributed by atoms with E-state index in [1.165, 1.54) is 0 Å². The van der Waals surface area contributed by atoms with E-state index in [0.29, 0.717) is 31.0 Å². The van der Waals surface area contributed by atoms with Gasteiger partial charge >= 0.3 is 0 Å². The minimum Gasteiger partial charge on any atom is -0.372 e. The van der Waals surface area contributed by atoms with Gasteiger partial charge < -0.3 is 19.9 Å². The van der Waals surface area contributed by atoms with E-state index in [1.807, 2.05) is 29.3 Å². The molecular weight excluding hydrogens is 466 g/mol. The van der Waals surface area contributed by atoms with Gasteiger partial charge in [0, 0.05) is 44.5 Å². The summed E-state index contributed by atoms with van der Waals surface area (Å²) >= 11 is 0. The fourth-order valence-electron chi connectivity index (χ4n) is 5.11. The number of nitrogens with one attached hydrogen (secondary N) is 1. The van der Waals surface area contributed by atoms with E-state index in [1.54, 1.807) is 18.2 Å². The molecule has 3 aliphatic heterocycles. The Balaban J connectivity index is 1.19. The fourth-order valence-corrected chi connectivity index (χ4v) is 6.33. The number of nitrogens with zero attached hydrogens (tertiary/aromatic N) is 4. The summed E-state index contributed by atoms with van der Waals surface area (Å²) in [7, 11) is -3.68. The van der Waals surface area contributed by atoms with Gasteiger partial charge in [-0.1, -0.05) is 18.2 Å². The van der Waals surface area contributed by atoms with Crippen molar-refractivity contribution in [1.29, 1.82) is 0 Å². The lowest BCUT2D eigenvalue weighted by Gasteiger charge is -2.36. The van der Waals surface area contributed by atoms with E-state index in [4.69, 9.17) is 4.74 Å². The number of amidine groups is 1. The van der Waals surface area contributed by atoms with Gasteiger partial charge in [-0.2, -0.15) is 8.42 Å². The highest BCUT2D eigenvalue weighted by Crippen LogP contribution is 2.29. The Bertz CT molecular complexity index is 1220. The number of morpholine rings is 1. The van der Waals surface area contributed by atoms with Crippen LogP contribution in [0.1, 0.15) is 37.8 Å². The van der Waals surface area contributed by atoms with Gasteiger partial charge in [-0.15, -0.1) is 4.40 Å². The fraction of sp³-hybridized carbons (Fsp3) is 0.480. The molecule has 2 aromatic rings. The Hall–Kier alpha value is -2.98. The number of carbonyl (C=O) groups is 1. The molecule has 5 rings (SSSR count). The van der Waals surface area contributed by atoms with E-state index in [0.717, 1.165) is 37.3 Å². The third-order valence-electron chi connectivity index (χ3n) is 6.72. The summed E-state index contributed by atoms with van der Waals surface area (Å²) in [4.78, 5) is 21.9. The smallest absolute Gasteiger partial charge is 0.285 e. The number of piperidine rings is 1. The molecule has 0 aliphatic carbocycles. The first-order valence-electron chi connectivity index (χ1n) is 12.1. The van der Waals surface area contributed by atoms with Gasteiger partial charge in [-0.3, -0.25) is 4.79 Å². The number of benzene rings is 1. The molecule has 0 saturated carbocycles. The summed E-state index contributed by atoms with van der Waals surface area (Å²) < 4.78 is 34.7. The Kier molecular flexibility index (Phi) is 6.50. The van der Waals surface area contributed by atoms with E-state index in [-0.39, 0.29) is 28.9 Å². The average molecular weight is 498 g/mol. The molecule has 0 bridgehead atoms. The number of hydrogen-bond acceptors (Lipinski definition) is 7. The minimum atomic E-state index is -3.68. The number of fused-ring (bicyclic) bond motifs is 1. The third kappa shape index (κ3) is 5.04. The summed E-state index contributed by atoms with van der Waals surface area (Å²) in [6.07, 6.45) is 3.69. The molecule has 1 amide bonds. The minimum absolute atomic E-state index is 0.0376. The number of rotatable bonds is 4. The maximum Gasteiger partial charge on any atom is 0.285 e. The monoisotopic (exact) mass is 497 g/mol. The molecule has 1 N–H and O–H groups in total. The highest BCUT2D eigenvalue weighted by Gasteiger charge is 2.35. The van der Waals surface area contributed by atoms with Crippen molar-refractivity contribution in [3.05, 3.63) is 53.7 Å². The van der Waals surface area contributed by atoms with E-state index < -0.39 is 10.0 Å². The highest BCUT2D eigenvalue weighted by atomic mass is 32.2. The Morgan fingerprint density at radius 3 is 2.60 bits per heavy atom. The first-order chi connectivity index (χ1) is 16.8. The molecule has 2 saturated heterocycles. The lowest BCUT2D eigenvalue weighted by Crippen LogP contribution is -2.46. The topological polar surface area (TPSA) is 104 Å². The molecule has 4 heterocycles. The third-order valence-corrected chi connectivity index (χ3v) is 8.05. The van der Waals surface area contributed by atoms with Gasteiger partial charge in [0.2, 0.25) is 5.91 Å². The summed E-state index contributed by atoms with van der Waals surface area (Å²) in [5.41, 5.74) is 1.55. The van der Waals surface area contributed by atoms with Crippen molar-refractivity contribution in [2.45, 2.75) is 50.3 Å². The van der Waals surface area contributed by atoms with Crippen molar-refractivity contribution in [1.82, 2.24) is 15.2 Å². The molecule has 0 radical (unpaired) electrons. The molecule has 3 unspecified atom stereocenters. The van der Waals surface area contributed by atoms with Crippen molar-refractivity contribution in [3.8, 4) is 0 Å². The Morgan fingerprint density at radius 2 is 1.86 bits per heavy atom. The van der Waals surface area contributed by atoms with Crippen LogP contribution in [0, 0.1) is 5.92 Å². The van der Waals surface area contributed by atoms with Crippen LogP contribution in [0.2, 0.25) is 0 Å². The second-order valence-electron chi connectivity index (χ2n) is 9.58. The normalized spacial score (nSPS) is 25.7. The zero-order valence-electron chi connectivity index (χ0n) is 20.1. The molecule has 0 spiro atoms. The zero-order chi connectivity index (χ0) is 24.6. The molecule has 2 fully saturated rings. The lowest BCUT2D eigenvalue weighted by molar-refractivity contribution is -0.126. The Labute approximate surface area is 206 Å². The van der Waals surface area contributed by atoms with E-state index in [2.05, 4.69) is 33.4 Å². The quantitative estimate of drug-likeness (QED) is 0.690. The van der Waals surface area contributed by atoms with Crippen molar-refractivity contribution in [2.75, 3.05) is 31.1 Å². The SMILES string of the molecule is CC1CN(c2ccc(CNC(=O)C3CCCN(C4=NS(=O)(=O)c5ccccc54)C3)cn2)CC(C)O1. The molecular formula is C25H31N5O4S. The van der Waals surface area contributed by atoms with Crippen molar-refractivity contribution < 1.29 is 17.9 Å². The summed E-state index contributed by atoms with van der Waals surface area (Å²) in [6, 6.07) is 10.8. The number of amides is 1. The van der Waals surface area contributed by atoms with Crippen LogP contribution in [0.15, 0.2) is 51.9 Å². The molecule has 10 heteroatoms. The van der Waals surface area contributed by atoms with Crippen LogP contribution in [-0.2, 0) is 26.1 Å². The average Bonchev–Trinajstić information content (AvgIpc) is 3.13. The van der Waals surface area contributed by atoms with Gasteiger partial charge in [-0.25, -0.2) is 4.98 Å². The highest BCUT2D eigenvalue weighted by molar-refractivity contribution is 7.90. The summed E-state index contributed by atoms with van der Waals surface area (Å²) in [6.45, 7) is 7.27. The number of aromatic nitrogens is 1. The maximum absolute atomic E-state index is 13.0. The molecule has 186 valence electrons. The van der Waals surface area contributed by atoms with Crippen LogP contribution in [0.5, 0.6) is 0 Å². The number of hydrogen-bond donors (Lipinski definition) is 1. The van der Waals surface area contributed by atoms with Gasteiger partial charge in [0.15, 0.2) is 5.84 Å². The maximum atomic E-state index is 13.0. The largest absolute Gasteiger partial charge is 0.372 e. The van der Waals surface area contributed by atoms with Crippen molar-refractivity contribution >= 4 is 27.6 Å². The van der Waals surface area contributed by atoms with Crippen LogP contribution in [0.3, 0.4) is 0 Å². The summed E-state index contributed by atoms with van der Waals surface area (Å²) in [5, 5.41) is 3.03. The Morgan fingerprint density at radius 1 is 1.09 bits per heavy atom. The van der Waals surface area contributed by atoms with Crippen LogP contribution < -0.4 is 10.2 Å². The molecule has 1 aromatic heterocycles. The number of pyridine rings is 1. The number of sulfonamides is 1. The zero-order valence-corrected chi connectivity index (χ0v) is 20.9. The van der Waals surface area contributed by atoms with Gasteiger partial charge in [0.25, 0.3) is 10.0 Å². The molecule has 3 aliphatic rings. The molecule has 35 heavy (non-hydrogen) atoms. The molecule has 3 atom stereocenters. The second-order valence-corrected chi connectivity index (χ2v) is 11.1. The predicted octanol–water partition coefficient (Wildman–Crippen LogP) is 2.17. The van der Waals surface area contributed by atoms with Gasteiger partial charge in [0.1, 0.15) is 10.7 Å². The van der Waals surface area contributed by atoms with Crippen LogP contribution >= 0.6 is 0 Å². The van der Waals surface area contributed by atoms with Gasteiger partial charge in [0.05, 0.1) is 18.1 Å². The predicted molar refractivity (Wildman–Crippen MR) is 133 cm³/mol.